The van der Waals surface area contributed by atoms with Crippen molar-refractivity contribution in [3.63, 3.8) is 0 Å². The van der Waals surface area contributed by atoms with Crippen molar-refractivity contribution in [1.82, 2.24) is 4.98 Å². The fraction of sp³-hybridized carbons (Fsp3) is 0.316. The van der Waals surface area contributed by atoms with Crippen LogP contribution in [0.3, 0.4) is 0 Å². The van der Waals surface area contributed by atoms with Crippen LogP contribution in [0.1, 0.15) is 36.0 Å². The van der Waals surface area contributed by atoms with E-state index in [9.17, 15) is 9.59 Å². The van der Waals surface area contributed by atoms with E-state index in [1.165, 1.54) is 7.11 Å². The number of halogens is 1. The van der Waals surface area contributed by atoms with E-state index in [0.29, 0.717) is 22.0 Å². The Morgan fingerprint density at radius 2 is 1.96 bits per heavy atom. The molecule has 0 bridgehead atoms. The van der Waals surface area contributed by atoms with Crippen molar-refractivity contribution in [3.05, 3.63) is 47.1 Å². The van der Waals surface area contributed by atoms with E-state index in [1.807, 2.05) is 6.07 Å². The molecule has 1 N–H and O–H groups in total. The second-order valence-electron chi connectivity index (χ2n) is 6.09. The highest BCUT2D eigenvalue weighted by Gasteiger charge is 2.22. The SMILES string of the molecule is COC(=O)c1ccc(Cl)c(-c2ccc(NC(=O)C3CCCC3)nc2)c1. The van der Waals surface area contributed by atoms with Gasteiger partial charge in [0.25, 0.3) is 0 Å². The van der Waals surface area contributed by atoms with E-state index in [1.54, 1.807) is 30.5 Å². The first-order valence-corrected chi connectivity index (χ1v) is 8.61. The molecule has 2 aromatic rings. The Morgan fingerprint density at radius 3 is 2.60 bits per heavy atom. The molecule has 0 atom stereocenters. The summed E-state index contributed by atoms with van der Waals surface area (Å²) in [6.07, 6.45) is 5.74. The van der Waals surface area contributed by atoms with Crippen molar-refractivity contribution in [1.29, 1.82) is 0 Å². The zero-order valence-electron chi connectivity index (χ0n) is 13.9. The number of nitrogens with one attached hydrogen (secondary N) is 1. The number of carbonyl (C=O) groups is 2. The lowest BCUT2D eigenvalue weighted by Crippen LogP contribution is -2.20. The maximum Gasteiger partial charge on any atom is 0.337 e. The molecule has 1 aromatic carbocycles. The van der Waals surface area contributed by atoms with Gasteiger partial charge >= 0.3 is 5.97 Å². The Kier molecular flexibility index (Phi) is 5.34. The molecule has 0 spiro atoms. The Labute approximate surface area is 151 Å². The van der Waals surface area contributed by atoms with Gasteiger partial charge in [0.2, 0.25) is 5.91 Å². The third kappa shape index (κ3) is 3.99. The molecule has 0 saturated heterocycles. The lowest BCUT2D eigenvalue weighted by atomic mass is 10.0. The molecule has 25 heavy (non-hydrogen) atoms. The molecule has 1 heterocycles. The molecule has 1 aromatic heterocycles. The largest absolute Gasteiger partial charge is 0.465 e. The first kappa shape index (κ1) is 17.4. The van der Waals surface area contributed by atoms with Crippen LogP contribution in [0.4, 0.5) is 5.82 Å². The number of hydrogen-bond acceptors (Lipinski definition) is 4. The third-order valence-corrected chi connectivity index (χ3v) is 4.77. The molecule has 130 valence electrons. The third-order valence-electron chi connectivity index (χ3n) is 4.44. The van der Waals surface area contributed by atoms with Crippen molar-refractivity contribution in [2.24, 2.45) is 5.92 Å². The average Bonchev–Trinajstić information content (AvgIpc) is 3.17. The first-order chi connectivity index (χ1) is 12.1. The average molecular weight is 359 g/mol. The highest BCUT2D eigenvalue weighted by Crippen LogP contribution is 2.30. The molecule has 1 saturated carbocycles. The Morgan fingerprint density at radius 1 is 1.20 bits per heavy atom. The van der Waals surface area contributed by atoms with E-state index >= 15 is 0 Å². The number of pyridine rings is 1. The number of carbonyl (C=O) groups excluding carboxylic acids is 2. The number of benzene rings is 1. The van der Waals surface area contributed by atoms with Gasteiger partial charge in [0.15, 0.2) is 0 Å². The van der Waals surface area contributed by atoms with Crippen molar-refractivity contribution in [3.8, 4) is 11.1 Å². The Hall–Kier alpha value is -2.40. The number of nitrogens with zero attached hydrogens (tertiary/aromatic N) is 1. The number of aromatic nitrogens is 1. The summed E-state index contributed by atoms with van der Waals surface area (Å²) in [5.41, 5.74) is 1.86. The minimum Gasteiger partial charge on any atom is -0.465 e. The lowest BCUT2D eigenvalue weighted by molar-refractivity contribution is -0.119. The second-order valence-corrected chi connectivity index (χ2v) is 6.50. The summed E-state index contributed by atoms with van der Waals surface area (Å²) < 4.78 is 4.73. The topological polar surface area (TPSA) is 68.3 Å². The zero-order valence-corrected chi connectivity index (χ0v) is 14.7. The van der Waals surface area contributed by atoms with Crippen molar-refractivity contribution < 1.29 is 14.3 Å². The smallest absolute Gasteiger partial charge is 0.337 e. The molecule has 0 radical (unpaired) electrons. The summed E-state index contributed by atoms with van der Waals surface area (Å²) in [5, 5.41) is 3.37. The van der Waals surface area contributed by atoms with Gasteiger partial charge < -0.3 is 10.1 Å². The summed E-state index contributed by atoms with van der Waals surface area (Å²) >= 11 is 6.24. The number of methoxy groups -OCH3 is 1. The van der Waals surface area contributed by atoms with Crippen LogP contribution < -0.4 is 5.32 Å². The molecular formula is C19H19ClN2O3. The molecule has 5 nitrogen and oxygen atoms in total. The predicted molar refractivity (Wildman–Crippen MR) is 96.6 cm³/mol. The number of amides is 1. The van der Waals surface area contributed by atoms with Crippen LogP contribution >= 0.6 is 11.6 Å². The molecule has 1 aliphatic rings. The van der Waals surface area contributed by atoms with E-state index in [2.05, 4.69) is 10.3 Å². The molecule has 0 aliphatic heterocycles. The number of anilines is 1. The van der Waals surface area contributed by atoms with Gasteiger partial charge in [0.1, 0.15) is 5.82 Å². The Bertz CT molecular complexity index is 784. The van der Waals surface area contributed by atoms with Crippen LogP contribution in [0.5, 0.6) is 0 Å². The van der Waals surface area contributed by atoms with Crippen LogP contribution in [-0.4, -0.2) is 24.0 Å². The molecule has 3 rings (SSSR count). The summed E-state index contributed by atoms with van der Waals surface area (Å²) in [6, 6.07) is 8.49. The van der Waals surface area contributed by atoms with Gasteiger partial charge in [0.05, 0.1) is 12.7 Å². The summed E-state index contributed by atoms with van der Waals surface area (Å²) in [6.45, 7) is 0. The standard InChI is InChI=1S/C19H19ClN2O3/c1-25-19(24)13-6-8-16(20)15(10-13)14-7-9-17(21-11-14)22-18(23)12-4-2-3-5-12/h6-12H,2-5H2,1H3,(H,21,22,23). The molecule has 6 heteroatoms. The number of ether oxygens (including phenoxy) is 1. The number of esters is 1. The first-order valence-electron chi connectivity index (χ1n) is 8.23. The second kappa shape index (κ2) is 7.66. The van der Waals surface area contributed by atoms with E-state index in [-0.39, 0.29) is 11.8 Å². The van der Waals surface area contributed by atoms with E-state index in [0.717, 1.165) is 31.2 Å². The van der Waals surface area contributed by atoms with Crippen LogP contribution in [0, 0.1) is 5.92 Å². The summed E-state index contributed by atoms with van der Waals surface area (Å²) in [7, 11) is 1.33. The minimum absolute atomic E-state index is 0.0310. The quantitative estimate of drug-likeness (QED) is 0.826. The maximum absolute atomic E-state index is 12.2. The van der Waals surface area contributed by atoms with Gasteiger partial charge in [-0.15, -0.1) is 0 Å². The van der Waals surface area contributed by atoms with Crippen molar-refractivity contribution in [2.45, 2.75) is 25.7 Å². The van der Waals surface area contributed by atoms with E-state index in [4.69, 9.17) is 16.3 Å². The molecule has 0 unspecified atom stereocenters. The molecule has 1 aliphatic carbocycles. The van der Waals surface area contributed by atoms with Gasteiger partial charge in [-0.25, -0.2) is 9.78 Å². The fourth-order valence-electron chi connectivity index (χ4n) is 3.03. The highest BCUT2D eigenvalue weighted by atomic mass is 35.5. The van der Waals surface area contributed by atoms with Crippen molar-refractivity contribution >= 4 is 29.3 Å². The van der Waals surface area contributed by atoms with Crippen LogP contribution in [0.2, 0.25) is 5.02 Å². The van der Waals surface area contributed by atoms with Crippen LogP contribution in [0.15, 0.2) is 36.5 Å². The van der Waals surface area contributed by atoms with Gasteiger partial charge in [-0.3, -0.25) is 4.79 Å². The monoisotopic (exact) mass is 358 g/mol. The van der Waals surface area contributed by atoms with Gasteiger partial charge in [-0.2, -0.15) is 0 Å². The van der Waals surface area contributed by atoms with Gasteiger partial charge in [-0.1, -0.05) is 24.4 Å². The predicted octanol–water partition coefficient (Wildman–Crippen LogP) is 4.32. The Balaban J connectivity index is 1.78. The highest BCUT2D eigenvalue weighted by molar-refractivity contribution is 6.33. The molecule has 1 fully saturated rings. The number of hydrogen-bond donors (Lipinski definition) is 1. The zero-order chi connectivity index (χ0) is 17.8. The molecule has 1 amide bonds. The normalized spacial score (nSPS) is 14.3. The van der Waals surface area contributed by atoms with Gasteiger partial charge in [-0.05, 0) is 43.2 Å². The number of rotatable bonds is 4. The minimum atomic E-state index is -0.425. The van der Waals surface area contributed by atoms with Crippen molar-refractivity contribution in [2.75, 3.05) is 12.4 Å². The summed E-state index contributed by atoms with van der Waals surface area (Å²) in [5.74, 6) is 0.211. The van der Waals surface area contributed by atoms with Crippen LogP contribution in [-0.2, 0) is 9.53 Å². The maximum atomic E-state index is 12.2. The fourth-order valence-corrected chi connectivity index (χ4v) is 3.26. The summed E-state index contributed by atoms with van der Waals surface area (Å²) in [4.78, 5) is 28.1. The lowest BCUT2D eigenvalue weighted by Gasteiger charge is -2.11. The van der Waals surface area contributed by atoms with E-state index < -0.39 is 5.97 Å². The van der Waals surface area contributed by atoms with Crippen LogP contribution in [0.25, 0.3) is 11.1 Å². The molecular weight excluding hydrogens is 340 g/mol. The van der Waals surface area contributed by atoms with Gasteiger partial charge in [0, 0.05) is 28.3 Å².